The Bertz CT molecular complexity index is 8.04. The van der Waals surface area contributed by atoms with Crippen LogP contribution in [0, 0.1) is 0 Å². The van der Waals surface area contributed by atoms with E-state index in [1.54, 1.807) is 0 Å². The molecule has 0 aromatic carbocycles. The first-order valence-corrected chi connectivity index (χ1v) is 3.00. The van der Waals surface area contributed by atoms with Gasteiger partial charge in [-0.2, -0.15) is 0 Å². The molecule has 0 fully saturated rings. The van der Waals surface area contributed by atoms with Gasteiger partial charge >= 0.3 is 29.2 Å². The van der Waals surface area contributed by atoms with Crippen LogP contribution in [0.25, 0.3) is 0 Å². The summed E-state index contributed by atoms with van der Waals surface area (Å²) in [6.07, 6.45) is 0. The van der Waals surface area contributed by atoms with Gasteiger partial charge in [-0.05, 0) is 0 Å². The molecule has 0 aliphatic rings. The molecule has 0 atom stereocenters. The van der Waals surface area contributed by atoms with E-state index in [2.05, 4.69) is 9.19 Å². The molecule has 0 amide bonds. The van der Waals surface area contributed by atoms with Gasteiger partial charge in [0.05, 0.1) is 0 Å². The van der Waals surface area contributed by atoms with Gasteiger partial charge in [-0.15, -0.1) is 0 Å². The maximum absolute atomic E-state index is 4.69. The van der Waals surface area contributed by atoms with Crippen LogP contribution in [0.4, 0.5) is 0 Å². The molecule has 0 saturated carbocycles. The molecule has 10 N–H and O–H groups in total. The van der Waals surface area contributed by atoms with Gasteiger partial charge in [0, 0.05) is 0 Å². The van der Waals surface area contributed by atoms with Crippen molar-refractivity contribution in [1.82, 2.24) is 0 Å². The van der Waals surface area contributed by atoms with Crippen LogP contribution in [0.2, 0.25) is 0 Å². The average molecular weight is 218 g/mol. The Morgan fingerprint density at radius 3 is 0.571 bits per heavy atom. The first-order chi connectivity index (χ1) is 1.00. The molecule has 0 bridgehead atoms. The molecule has 0 aromatic rings. The van der Waals surface area contributed by atoms with E-state index in [9.17, 15) is 0 Å². The van der Waals surface area contributed by atoms with E-state index in [0.29, 0.717) is 0 Å². The molecule has 0 heterocycles. The van der Waals surface area contributed by atoms with Gasteiger partial charge in [0.2, 0.25) is 0 Å². The molecule has 0 unspecified atom stereocenters. The van der Waals surface area contributed by atoms with Gasteiger partial charge in [-0.25, -0.2) is 0 Å². The Labute approximate surface area is 56.9 Å². The zero-order chi connectivity index (χ0) is 2.00. The monoisotopic (exact) mass is 218 g/mol. The third kappa shape index (κ3) is 231. The molecule has 52 valence electrons. The van der Waals surface area contributed by atoms with Crippen LogP contribution in [0.5, 0.6) is 0 Å². The van der Waals surface area contributed by atoms with E-state index >= 15 is 0 Å². The Morgan fingerprint density at radius 2 is 0.571 bits per heavy atom. The van der Waals surface area contributed by atoms with Crippen LogP contribution < -0.4 is 0 Å². The fourth-order valence-electron chi connectivity index (χ4n) is 0. The second-order valence-corrected chi connectivity index (χ2v) is 0. The minimum atomic E-state index is 0. The van der Waals surface area contributed by atoms with E-state index in [4.69, 9.17) is 0 Å². The number of hydrogen-bond donors (Lipinski definition) is 0. The third-order valence-electron chi connectivity index (χ3n) is 0. The quantitative estimate of drug-likeness (QED) is 0.371. The minimum absolute atomic E-state index is 0. The van der Waals surface area contributed by atoms with Gasteiger partial charge in [0.1, 0.15) is 0 Å². The molecule has 5 nitrogen and oxygen atoms in total. The maximum atomic E-state index is 4.69. The van der Waals surface area contributed by atoms with Gasteiger partial charge in [0.15, 0.2) is 0 Å². The molecular formula is H10ClNbO5. The summed E-state index contributed by atoms with van der Waals surface area (Å²) in [5, 5.41) is 0. The van der Waals surface area contributed by atoms with Crippen molar-refractivity contribution in [2.45, 2.75) is 0 Å². The molecule has 0 saturated heterocycles. The van der Waals surface area contributed by atoms with E-state index in [1.807, 2.05) is 0 Å². The van der Waals surface area contributed by atoms with Crippen LogP contribution >= 0.6 is 9.19 Å². The first kappa shape index (κ1) is 109. The SMILES string of the molecule is O.O.O.O.O.[Cl][Nb]. The van der Waals surface area contributed by atoms with Crippen molar-refractivity contribution in [1.29, 1.82) is 0 Å². The average Bonchev–Trinajstić information content (AvgIpc) is 1.00. The summed E-state index contributed by atoms with van der Waals surface area (Å²) >= 11 is 1.22. The molecule has 7 heavy (non-hydrogen) atoms. The topological polar surface area (TPSA) is 158 Å². The van der Waals surface area contributed by atoms with Crippen molar-refractivity contribution in [2.24, 2.45) is 0 Å². The van der Waals surface area contributed by atoms with E-state index in [-0.39, 0.29) is 27.4 Å². The summed E-state index contributed by atoms with van der Waals surface area (Å²) in [6.45, 7) is 0. The van der Waals surface area contributed by atoms with Crippen molar-refractivity contribution in [3.05, 3.63) is 0 Å². The zero-order valence-electron chi connectivity index (χ0n) is 3.33. The Kier molecular flexibility index (Phi) is 5250. The summed E-state index contributed by atoms with van der Waals surface area (Å²) < 4.78 is 0. The van der Waals surface area contributed by atoms with E-state index < -0.39 is 0 Å². The van der Waals surface area contributed by atoms with Gasteiger partial charge < -0.3 is 27.4 Å². The number of hydrogen-bond acceptors (Lipinski definition) is 0. The van der Waals surface area contributed by atoms with Crippen LogP contribution in [-0.2, 0) is 20.0 Å². The van der Waals surface area contributed by atoms with E-state index in [1.165, 1.54) is 20.0 Å². The van der Waals surface area contributed by atoms with E-state index in [0.717, 1.165) is 0 Å². The molecular weight excluding hydrogens is 208 g/mol. The predicted octanol–water partition coefficient (Wildman–Crippen LogP) is -3.44. The summed E-state index contributed by atoms with van der Waals surface area (Å²) in [4.78, 5) is 0. The Hall–Kier alpha value is 0.830. The standard InChI is InChI=1S/ClH.Nb.5H2O/h1H;;5*1H2/q;+1;;;;;/p-1. The normalized spacial score (nSPS) is 0.714. The molecule has 0 spiro atoms. The molecule has 0 rings (SSSR count). The van der Waals surface area contributed by atoms with Crippen LogP contribution in [0.3, 0.4) is 0 Å². The van der Waals surface area contributed by atoms with Crippen molar-refractivity contribution in [2.75, 3.05) is 0 Å². The van der Waals surface area contributed by atoms with Crippen molar-refractivity contribution in [3.8, 4) is 0 Å². The molecule has 0 aliphatic carbocycles. The zero-order valence-corrected chi connectivity index (χ0v) is 6.28. The van der Waals surface area contributed by atoms with Crippen molar-refractivity contribution >= 4 is 9.19 Å². The fraction of sp³-hybridized carbons (Fsp3) is 0. The fourth-order valence-corrected chi connectivity index (χ4v) is 0. The molecule has 7 heteroatoms. The van der Waals surface area contributed by atoms with Crippen molar-refractivity contribution in [3.63, 3.8) is 0 Å². The Morgan fingerprint density at radius 1 is 0.571 bits per heavy atom. The summed E-state index contributed by atoms with van der Waals surface area (Å²) in [6, 6.07) is 0. The van der Waals surface area contributed by atoms with Crippen LogP contribution in [0.1, 0.15) is 0 Å². The van der Waals surface area contributed by atoms with Crippen molar-refractivity contribution < 1.29 is 47.4 Å². The first-order valence-electron chi connectivity index (χ1n) is 0.169. The molecule has 0 aliphatic heterocycles. The summed E-state index contributed by atoms with van der Waals surface area (Å²) in [5.41, 5.74) is 0. The number of halogens is 1. The van der Waals surface area contributed by atoms with Crippen LogP contribution in [0.15, 0.2) is 0 Å². The summed E-state index contributed by atoms with van der Waals surface area (Å²) in [5.74, 6) is 0. The molecule has 0 radical (unpaired) electrons. The predicted molar refractivity (Wildman–Crippen MR) is 23.9 cm³/mol. The van der Waals surface area contributed by atoms with Gasteiger partial charge in [-0.3, -0.25) is 0 Å². The third-order valence-corrected chi connectivity index (χ3v) is 0. The second-order valence-electron chi connectivity index (χ2n) is 0. The second kappa shape index (κ2) is 337. The van der Waals surface area contributed by atoms with Crippen LogP contribution in [-0.4, -0.2) is 27.4 Å². The van der Waals surface area contributed by atoms with Gasteiger partial charge in [-0.1, -0.05) is 0 Å². The summed E-state index contributed by atoms with van der Waals surface area (Å²) in [7, 11) is 4.69. The van der Waals surface area contributed by atoms with Gasteiger partial charge in [0.25, 0.3) is 0 Å². The Balaban J connectivity index is -0.000000000500. The number of rotatable bonds is 0. The molecule has 0 aromatic heterocycles.